The number of piperidine rings is 1. The van der Waals surface area contributed by atoms with E-state index in [0.29, 0.717) is 0 Å². The van der Waals surface area contributed by atoms with Gasteiger partial charge in [0, 0.05) is 5.41 Å². The third-order valence-corrected chi connectivity index (χ3v) is 13.8. The van der Waals surface area contributed by atoms with E-state index in [4.69, 9.17) is 13.9 Å². The van der Waals surface area contributed by atoms with Crippen molar-refractivity contribution in [1.82, 2.24) is 10.2 Å². The van der Waals surface area contributed by atoms with Gasteiger partial charge in [-0.15, -0.1) is 0 Å². The van der Waals surface area contributed by atoms with Crippen LogP contribution in [0.15, 0.2) is 30.3 Å². The van der Waals surface area contributed by atoms with Crippen LogP contribution in [0, 0.1) is 11.8 Å². The van der Waals surface area contributed by atoms with Crippen LogP contribution in [0.1, 0.15) is 67.4 Å². The molecule has 3 aliphatic rings. The van der Waals surface area contributed by atoms with Gasteiger partial charge in [0.25, 0.3) is 0 Å². The molecule has 9 heteroatoms. The Balaban J connectivity index is 1.80. The van der Waals surface area contributed by atoms with Gasteiger partial charge in [-0.2, -0.15) is 0 Å². The highest BCUT2D eigenvalue weighted by Gasteiger charge is 2.70. The Morgan fingerprint density at radius 1 is 1.18 bits per heavy atom. The van der Waals surface area contributed by atoms with Crippen LogP contribution in [0.4, 0.5) is 4.79 Å². The fourth-order valence-corrected chi connectivity index (χ4v) is 7.59. The largest absolute Gasteiger partial charge is 0.444 e. The molecule has 2 amide bonds. The summed E-state index contributed by atoms with van der Waals surface area (Å²) in [6, 6.07) is 9.25. The molecule has 0 bridgehead atoms. The minimum absolute atomic E-state index is 0.0373. The Morgan fingerprint density at radius 3 is 2.33 bits per heavy atom. The number of fused-ring (bicyclic) bond motifs is 1. The van der Waals surface area contributed by atoms with E-state index in [-0.39, 0.29) is 41.5 Å². The SMILES string of the molecule is CC(C)(C)OC(=O)N1[C@@H]([C@H](O[Si](C)(C)C(C)(C)C)[C@@H]2C(=O)N[C@@H](CO)C3(c4ccccc4)CC23)COC1(C)C. The van der Waals surface area contributed by atoms with Gasteiger partial charge in [-0.3, -0.25) is 9.69 Å². The molecule has 3 fully saturated rings. The molecule has 2 saturated heterocycles. The number of benzene rings is 1. The maximum Gasteiger partial charge on any atom is 0.412 e. The standard InChI is InChI=1S/C30H48N2O6Si/c1-27(2,3)37-26(35)32-21(18-36-29(32,7)8)24(38-39(9,10)28(4,5)6)23-20-16-30(20,19-14-12-11-13-15-19)22(17-33)31-25(23)34/h11-15,20-24,33H,16-18H2,1-10H3,(H,31,34)/t20?,21-,22+,23-,24+,30?/m1/s1. The van der Waals surface area contributed by atoms with Crippen molar-refractivity contribution in [3.8, 4) is 0 Å². The molecule has 2 aliphatic heterocycles. The zero-order valence-electron chi connectivity index (χ0n) is 25.3. The average molecular weight is 561 g/mol. The Hall–Kier alpha value is -1.94. The maximum absolute atomic E-state index is 13.9. The van der Waals surface area contributed by atoms with E-state index in [1.807, 2.05) is 52.8 Å². The number of hydrogen-bond donors (Lipinski definition) is 2. The lowest BCUT2D eigenvalue weighted by atomic mass is 9.76. The third kappa shape index (κ3) is 5.39. The van der Waals surface area contributed by atoms with Gasteiger partial charge < -0.3 is 24.3 Å². The Bertz CT molecular complexity index is 1080. The molecule has 39 heavy (non-hydrogen) atoms. The lowest BCUT2D eigenvalue weighted by Crippen LogP contribution is -2.63. The Morgan fingerprint density at radius 2 is 1.79 bits per heavy atom. The van der Waals surface area contributed by atoms with Gasteiger partial charge in [0.1, 0.15) is 11.3 Å². The molecular formula is C30H48N2O6Si. The second-order valence-corrected chi connectivity index (χ2v) is 19.3. The number of hydrogen-bond acceptors (Lipinski definition) is 6. The Kier molecular flexibility index (Phi) is 7.59. The smallest absolute Gasteiger partial charge is 0.412 e. The van der Waals surface area contributed by atoms with Gasteiger partial charge in [-0.05, 0) is 70.7 Å². The summed E-state index contributed by atoms with van der Waals surface area (Å²) in [5.41, 5.74) is -0.890. The summed E-state index contributed by atoms with van der Waals surface area (Å²) in [4.78, 5) is 29.2. The molecule has 218 valence electrons. The predicted octanol–water partition coefficient (Wildman–Crippen LogP) is 4.81. The number of carbonyl (C=O) groups is 2. The first-order chi connectivity index (χ1) is 17.9. The Labute approximate surface area is 234 Å². The van der Waals surface area contributed by atoms with Gasteiger partial charge in [-0.25, -0.2) is 4.79 Å². The number of carbonyl (C=O) groups excluding carboxylic acids is 2. The van der Waals surface area contributed by atoms with Crippen molar-refractivity contribution >= 4 is 20.3 Å². The van der Waals surface area contributed by atoms with Crippen molar-refractivity contribution < 1.29 is 28.6 Å². The van der Waals surface area contributed by atoms with Gasteiger partial charge in [0.05, 0.1) is 37.3 Å². The van der Waals surface area contributed by atoms with Crippen molar-refractivity contribution in [3.05, 3.63) is 35.9 Å². The zero-order chi connectivity index (χ0) is 29.2. The number of aliphatic hydroxyl groups excluding tert-OH is 1. The van der Waals surface area contributed by atoms with Crippen LogP contribution < -0.4 is 5.32 Å². The molecule has 1 aliphatic carbocycles. The molecule has 4 rings (SSSR count). The molecule has 1 saturated carbocycles. The summed E-state index contributed by atoms with van der Waals surface area (Å²) in [5.74, 6) is -0.694. The minimum atomic E-state index is -2.41. The molecule has 2 heterocycles. The van der Waals surface area contributed by atoms with E-state index in [0.717, 1.165) is 12.0 Å². The number of aliphatic hydroxyl groups is 1. The number of nitrogens with one attached hydrogen (secondary N) is 1. The van der Waals surface area contributed by atoms with Crippen LogP contribution in [0.3, 0.4) is 0 Å². The van der Waals surface area contributed by atoms with Gasteiger partial charge in [0.15, 0.2) is 8.32 Å². The first-order valence-corrected chi connectivity index (χ1v) is 17.1. The highest BCUT2D eigenvalue weighted by molar-refractivity contribution is 6.74. The van der Waals surface area contributed by atoms with Crippen molar-refractivity contribution in [2.45, 2.75) is 115 Å². The van der Waals surface area contributed by atoms with Crippen LogP contribution in [-0.4, -0.2) is 73.1 Å². The first kappa shape index (κ1) is 30.0. The zero-order valence-corrected chi connectivity index (χ0v) is 26.3. The molecular weight excluding hydrogens is 512 g/mol. The molecule has 2 N–H and O–H groups in total. The third-order valence-electron chi connectivity index (χ3n) is 9.31. The molecule has 1 aromatic rings. The lowest BCUT2D eigenvalue weighted by molar-refractivity contribution is -0.135. The number of nitrogens with zero attached hydrogens (tertiary/aromatic N) is 1. The van der Waals surface area contributed by atoms with Crippen LogP contribution in [0.5, 0.6) is 0 Å². The summed E-state index contributed by atoms with van der Waals surface area (Å²) >= 11 is 0. The average Bonchev–Trinajstić information content (AvgIpc) is 3.46. The minimum Gasteiger partial charge on any atom is -0.444 e. The van der Waals surface area contributed by atoms with Gasteiger partial charge in [-0.1, -0.05) is 51.1 Å². The van der Waals surface area contributed by atoms with Crippen molar-refractivity contribution in [1.29, 1.82) is 0 Å². The van der Waals surface area contributed by atoms with Crippen LogP contribution in [0.2, 0.25) is 18.1 Å². The first-order valence-electron chi connectivity index (χ1n) is 14.2. The maximum atomic E-state index is 13.9. The molecule has 0 spiro atoms. The molecule has 8 nitrogen and oxygen atoms in total. The molecule has 1 aromatic carbocycles. The van der Waals surface area contributed by atoms with Crippen LogP contribution in [0.25, 0.3) is 0 Å². The van der Waals surface area contributed by atoms with E-state index < -0.39 is 43.8 Å². The molecule has 0 radical (unpaired) electrons. The summed E-state index contributed by atoms with van der Waals surface area (Å²) < 4.78 is 19.2. The van der Waals surface area contributed by atoms with Gasteiger partial charge >= 0.3 is 6.09 Å². The van der Waals surface area contributed by atoms with Crippen molar-refractivity contribution in [2.24, 2.45) is 11.8 Å². The molecule has 0 aromatic heterocycles. The van der Waals surface area contributed by atoms with Crippen molar-refractivity contribution in [3.63, 3.8) is 0 Å². The van der Waals surface area contributed by atoms with E-state index in [2.05, 4.69) is 51.3 Å². The van der Waals surface area contributed by atoms with Crippen molar-refractivity contribution in [2.75, 3.05) is 13.2 Å². The fourth-order valence-electron chi connectivity index (χ4n) is 6.25. The molecule has 2 unspecified atom stereocenters. The number of amides is 2. The summed E-state index contributed by atoms with van der Waals surface area (Å²) in [5, 5.41) is 13.4. The predicted molar refractivity (Wildman–Crippen MR) is 153 cm³/mol. The van der Waals surface area contributed by atoms with E-state index in [1.54, 1.807) is 4.90 Å². The van der Waals surface area contributed by atoms with E-state index in [1.165, 1.54) is 0 Å². The van der Waals surface area contributed by atoms with E-state index >= 15 is 0 Å². The number of rotatable bonds is 6. The van der Waals surface area contributed by atoms with Crippen LogP contribution >= 0.6 is 0 Å². The summed E-state index contributed by atoms with van der Waals surface area (Å²) in [7, 11) is -2.41. The molecule has 6 atom stereocenters. The fraction of sp³-hybridized carbons (Fsp3) is 0.733. The monoisotopic (exact) mass is 560 g/mol. The topological polar surface area (TPSA) is 97.3 Å². The van der Waals surface area contributed by atoms with E-state index in [9.17, 15) is 14.7 Å². The highest BCUT2D eigenvalue weighted by Crippen LogP contribution is 2.63. The normalized spacial score (nSPS) is 31.4. The van der Waals surface area contributed by atoms with Crippen LogP contribution in [-0.2, 0) is 24.1 Å². The second kappa shape index (κ2) is 9.85. The summed E-state index contributed by atoms with van der Waals surface area (Å²) in [6.45, 7) is 20.2. The quantitative estimate of drug-likeness (QED) is 0.485. The second-order valence-electron chi connectivity index (χ2n) is 14.5. The highest BCUT2D eigenvalue weighted by atomic mass is 28.4. The summed E-state index contributed by atoms with van der Waals surface area (Å²) in [6.07, 6.45) is -0.323. The number of ether oxygens (including phenoxy) is 2. The lowest BCUT2D eigenvalue weighted by Gasteiger charge is -2.47. The van der Waals surface area contributed by atoms with Gasteiger partial charge in [0.2, 0.25) is 5.91 Å².